The zero-order valence-corrected chi connectivity index (χ0v) is 31.7. The monoisotopic (exact) mass is 739 g/mol. The van der Waals surface area contributed by atoms with Gasteiger partial charge in [0.05, 0.1) is 5.69 Å². The van der Waals surface area contributed by atoms with E-state index >= 15 is 0 Å². The summed E-state index contributed by atoms with van der Waals surface area (Å²) in [7, 11) is 0. The number of rotatable bonds is 7. The molecule has 2 nitrogen and oxygen atoms in total. The molecule has 0 bridgehead atoms. The Labute approximate surface area is 337 Å². The van der Waals surface area contributed by atoms with Crippen LogP contribution in [0.2, 0.25) is 0 Å². The van der Waals surface area contributed by atoms with Crippen LogP contribution < -0.4 is 4.90 Å². The second kappa shape index (κ2) is 14.1. The fraction of sp³-hybridized carbons (Fsp3) is 0. The van der Waals surface area contributed by atoms with E-state index in [2.05, 4.69) is 229 Å². The maximum absolute atomic E-state index is 6.90. The number of furan rings is 1. The summed E-state index contributed by atoms with van der Waals surface area (Å²) < 4.78 is 6.90. The van der Waals surface area contributed by atoms with E-state index in [0.29, 0.717) is 0 Å². The summed E-state index contributed by atoms with van der Waals surface area (Å²) in [5, 5.41) is 7.11. The van der Waals surface area contributed by atoms with Crippen molar-refractivity contribution in [2.24, 2.45) is 0 Å². The van der Waals surface area contributed by atoms with Gasteiger partial charge < -0.3 is 9.32 Å². The molecule has 1 aromatic heterocycles. The summed E-state index contributed by atoms with van der Waals surface area (Å²) in [6.07, 6.45) is 0. The molecule has 0 aliphatic rings. The predicted molar refractivity (Wildman–Crippen MR) is 245 cm³/mol. The molecule has 0 unspecified atom stereocenters. The first-order valence-corrected chi connectivity index (χ1v) is 19.8. The lowest BCUT2D eigenvalue weighted by molar-refractivity contribution is 0.671. The molecule has 0 saturated carbocycles. The first kappa shape index (κ1) is 33.6. The van der Waals surface area contributed by atoms with E-state index < -0.39 is 0 Å². The molecule has 0 N–H and O–H groups in total. The van der Waals surface area contributed by atoms with Gasteiger partial charge in [-0.1, -0.05) is 188 Å². The van der Waals surface area contributed by atoms with Gasteiger partial charge in [0.2, 0.25) is 0 Å². The largest absolute Gasteiger partial charge is 0.455 e. The summed E-state index contributed by atoms with van der Waals surface area (Å²) >= 11 is 0. The zero-order chi connectivity index (χ0) is 38.4. The Balaban J connectivity index is 0.983. The third kappa shape index (κ3) is 5.74. The summed E-state index contributed by atoms with van der Waals surface area (Å²) in [5.74, 6) is 0. The van der Waals surface area contributed by atoms with Crippen LogP contribution in [0.25, 0.3) is 88.0 Å². The molecular formula is C56H37NO. The third-order valence-corrected chi connectivity index (χ3v) is 11.5. The molecular weight excluding hydrogens is 703 g/mol. The molecule has 0 atom stereocenters. The maximum atomic E-state index is 6.90. The van der Waals surface area contributed by atoms with Crippen LogP contribution in [-0.4, -0.2) is 0 Å². The molecule has 0 aliphatic carbocycles. The molecule has 11 aromatic rings. The molecule has 2 heteroatoms. The van der Waals surface area contributed by atoms with Gasteiger partial charge in [-0.3, -0.25) is 0 Å². The van der Waals surface area contributed by atoms with Gasteiger partial charge in [0.15, 0.2) is 0 Å². The smallest absolute Gasteiger partial charge is 0.143 e. The molecule has 0 spiro atoms. The highest BCUT2D eigenvalue weighted by atomic mass is 16.3. The van der Waals surface area contributed by atoms with Crippen LogP contribution in [0.4, 0.5) is 17.1 Å². The van der Waals surface area contributed by atoms with Gasteiger partial charge in [-0.05, 0) is 85.9 Å². The number of hydrogen-bond donors (Lipinski definition) is 0. The fourth-order valence-corrected chi connectivity index (χ4v) is 8.74. The van der Waals surface area contributed by atoms with Gasteiger partial charge in [-0.25, -0.2) is 0 Å². The summed E-state index contributed by atoms with van der Waals surface area (Å²) in [4.78, 5) is 2.37. The Morgan fingerprint density at radius 2 is 0.810 bits per heavy atom. The topological polar surface area (TPSA) is 16.4 Å². The van der Waals surface area contributed by atoms with Crippen molar-refractivity contribution in [3.05, 3.63) is 224 Å². The average Bonchev–Trinajstić information content (AvgIpc) is 3.69. The molecule has 0 fully saturated rings. The number of nitrogens with zero attached hydrogens (tertiary/aromatic N) is 1. The number of para-hydroxylation sites is 3. The zero-order valence-electron chi connectivity index (χ0n) is 31.7. The Morgan fingerprint density at radius 3 is 1.60 bits per heavy atom. The van der Waals surface area contributed by atoms with Crippen molar-refractivity contribution in [1.82, 2.24) is 0 Å². The van der Waals surface area contributed by atoms with E-state index in [-0.39, 0.29) is 0 Å². The fourth-order valence-electron chi connectivity index (χ4n) is 8.74. The Kier molecular flexibility index (Phi) is 8.19. The molecule has 0 amide bonds. The predicted octanol–water partition coefficient (Wildman–Crippen LogP) is 16.0. The molecule has 58 heavy (non-hydrogen) atoms. The lowest BCUT2D eigenvalue weighted by atomic mass is 9.95. The highest BCUT2D eigenvalue weighted by Crippen LogP contribution is 2.44. The standard InChI is InChI=1S/C56H37NO/c1-3-15-39(16-4-1)46-35-36-54(50-25-10-9-24-48(46)50)57(43-21-5-2-6-22-43)44-33-31-38(32-34-44)41-19-11-20-42(37-41)47-26-13-29-52-53-30-14-28-51(56(53)58-55(47)52)49-27-12-18-40-17-7-8-23-45(40)49/h1-37H. The van der Waals surface area contributed by atoms with Gasteiger partial charge in [0.1, 0.15) is 11.2 Å². The van der Waals surface area contributed by atoms with Crippen LogP contribution in [0.1, 0.15) is 0 Å². The highest BCUT2D eigenvalue weighted by Gasteiger charge is 2.19. The van der Waals surface area contributed by atoms with Crippen molar-refractivity contribution in [1.29, 1.82) is 0 Å². The summed E-state index contributed by atoms with van der Waals surface area (Å²) in [6.45, 7) is 0. The van der Waals surface area contributed by atoms with Crippen LogP contribution >= 0.6 is 0 Å². The normalized spacial score (nSPS) is 11.4. The van der Waals surface area contributed by atoms with Gasteiger partial charge in [-0.2, -0.15) is 0 Å². The van der Waals surface area contributed by atoms with Crippen molar-refractivity contribution in [3.8, 4) is 44.5 Å². The SMILES string of the molecule is c1ccc(-c2ccc(N(c3ccccc3)c3ccc(-c4cccc(-c5cccc6c5oc5c(-c7cccc8ccccc78)cccc56)c4)cc3)c3ccccc23)cc1. The number of fused-ring (bicyclic) bond motifs is 5. The maximum Gasteiger partial charge on any atom is 0.143 e. The van der Waals surface area contributed by atoms with E-state index in [4.69, 9.17) is 4.42 Å². The van der Waals surface area contributed by atoms with Crippen LogP contribution in [0.5, 0.6) is 0 Å². The Morgan fingerprint density at radius 1 is 0.276 bits per heavy atom. The molecule has 10 aromatic carbocycles. The van der Waals surface area contributed by atoms with Gasteiger partial charge in [-0.15, -0.1) is 0 Å². The molecule has 0 saturated heterocycles. The number of hydrogen-bond acceptors (Lipinski definition) is 2. The summed E-state index contributed by atoms with van der Waals surface area (Å²) in [5.41, 5.74) is 14.4. The minimum Gasteiger partial charge on any atom is -0.455 e. The first-order chi connectivity index (χ1) is 28.8. The van der Waals surface area contributed by atoms with E-state index in [1.807, 2.05) is 0 Å². The second-order valence-corrected chi connectivity index (χ2v) is 14.8. The van der Waals surface area contributed by atoms with E-state index in [0.717, 1.165) is 66.8 Å². The van der Waals surface area contributed by atoms with Crippen molar-refractivity contribution in [2.45, 2.75) is 0 Å². The minimum atomic E-state index is 0.904. The number of benzene rings is 10. The van der Waals surface area contributed by atoms with Gasteiger partial charge in [0, 0.05) is 38.7 Å². The highest BCUT2D eigenvalue weighted by molar-refractivity contribution is 6.15. The molecule has 11 rings (SSSR count). The molecule has 272 valence electrons. The average molecular weight is 740 g/mol. The Hall–Kier alpha value is -7.68. The first-order valence-electron chi connectivity index (χ1n) is 19.8. The lowest BCUT2D eigenvalue weighted by Crippen LogP contribution is -2.10. The molecule has 1 heterocycles. The van der Waals surface area contributed by atoms with Gasteiger partial charge >= 0.3 is 0 Å². The van der Waals surface area contributed by atoms with Crippen molar-refractivity contribution < 1.29 is 4.42 Å². The van der Waals surface area contributed by atoms with Crippen molar-refractivity contribution >= 4 is 60.5 Å². The van der Waals surface area contributed by atoms with Crippen LogP contribution in [0, 0.1) is 0 Å². The second-order valence-electron chi connectivity index (χ2n) is 14.8. The quantitative estimate of drug-likeness (QED) is 0.162. The van der Waals surface area contributed by atoms with E-state index in [1.54, 1.807) is 0 Å². The van der Waals surface area contributed by atoms with Crippen LogP contribution in [0.3, 0.4) is 0 Å². The van der Waals surface area contributed by atoms with E-state index in [9.17, 15) is 0 Å². The Bertz CT molecular complexity index is 3270. The van der Waals surface area contributed by atoms with Crippen LogP contribution in [0.15, 0.2) is 229 Å². The number of anilines is 3. The van der Waals surface area contributed by atoms with E-state index in [1.165, 1.54) is 38.2 Å². The minimum absolute atomic E-state index is 0.904. The molecule has 0 aliphatic heterocycles. The van der Waals surface area contributed by atoms with Gasteiger partial charge in [0.25, 0.3) is 0 Å². The molecule has 0 radical (unpaired) electrons. The van der Waals surface area contributed by atoms with Crippen LogP contribution in [-0.2, 0) is 0 Å². The lowest BCUT2D eigenvalue weighted by Gasteiger charge is -2.27. The van der Waals surface area contributed by atoms with Crippen molar-refractivity contribution in [2.75, 3.05) is 4.90 Å². The third-order valence-electron chi connectivity index (χ3n) is 11.5. The summed E-state index contributed by atoms with van der Waals surface area (Å²) in [6, 6.07) is 80.4. The van der Waals surface area contributed by atoms with Crippen molar-refractivity contribution in [3.63, 3.8) is 0 Å².